The zero-order valence-corrected chi connectivity index (χ0v) is 19.2. The number of aliphatic hydroxyl groups is 1. The predicted molar refractivity (Wildman–Crippen MR) is 125 cm³/mol. The molecular weight excluding hydrogens is 356 g/mol. The third-order valence-corrected chi connectivity index (χ3v) is 5.49. The number of fused-ring (bicyclic) bond motifs is 1. The van der Waals surface area contributed by atoms with E-state index in [1.807, 2.05) is 12.2 Å². The Morgan fingerprint density at radius 1 is 1.24 bits per heavy atom. The van der Waals surface area contributed by atoms with Gasteiger partial charge in [0.1, 0.15) is 11.5 Å². The largest absolute Gasteiger partial charge is 0.456 e. The number of ether oxygens (including phenoxy) is 1. The molecule has 1 aromatic rings. The minimum atomic E-state index is -0.0244. The van der Waals surface area contributed by atoms with Crippen LogP contribution in [0.4, 0.5) is 0 Å². The van der Waals surface area contributed by atoms with Gasteiger partial charge in [0.25, 0.3) is 0 Å². The summed E-state index contributed by atoms with van der Waals surface area (Å²) in [5, 5.41) is 10.0. The van der Waals surface area contributed by atoms with Crippen LogP contribution in [0.1, 0.15) is 75.6 Å². The summed E-state index contributed by atoms with van der Waals surface area (Å²) in [6.07, 6.45) is 9.24. The number of aliphatic hydroxyl groups excluding tert-OH is 1. The van der Waals surface area contributed by atoms with E-state index >= 15 is 0 Å². The van der Waals surface area contributed by atoms with Gasteiger partial charge in [-0.05, 0) is 59.8 Å². The van der Waals surface area contributed by atoms with Gasteiger partial charge in [-0.3, -0.25) is 0 Å². The summed E-state index contributed by atoms with van der Waals surface area (Å²) < 4.78 is 6.57. The van der Waals surface area contributed by atoms with Crippen LogP contribution in [0, 0.1) is 12.3 Å². The molecule has 0 aliphatic carbocycles. The molecule has 1 N–H and O–H groups in total. The summed E-state index contributed by atoms with van der Waals surface area (Å²) in [6, 6.07) is 2.32. The highest BCUT2D eigenvalue weighted by atomic mass is 16.5. The fourth-order valence-electron chi connectivity index (χ4n) is 3.90. The van der Waals surface area contributed by atoms with Gasteiger partial charge in [-0.25, -0.2) is 0 Å². The Kier molecular flexibility index (Phi) is 7.71. The average molecular weight is 395 g/mol. The molecule has 29 heavy (non-hydrogen) atoms. The molecule has 2 heteroatoms. The third-order valence-electron chi connectivity index (χ3n) is 5.49. The first-order chi connectivity index (χ1) is 13.6. The molecule has 1 aromatic carbocycles. The van der Waals surface area contributed by atoms with Gasteiger partial charge in [-0.1, -0.05) is 58.9 Å². The highest BCUT2D eigenvalue weighted by Gasteiger charge is 2.27. The Morgan fingerprint density at radius 3 is 2.45 bits per heavy atom. The molecule has 158 valence electrons. The van der Waals surface area contributed by atoms with E-state index in [0.29, 0.717) is 12.3 Å². The second-order valence-electron chi connectivity index (χ2n) is 9.56. The van der Waals surface area contributed by atoms with E-state index in [1.165, 1.54) is 27.8 Å². The molecule has 0 spiro atoms. The van der Waals surface area contributed by atoms with Crippen LogP contribution < -0.4 is 4.74 Å². The highest BCUT2D eigenvalue weighted by molar-refractivity contribution is 5.58. The van der Waals surface area contributed by atoms with Crippen LogP contribution in [0.3, 0.4) is 0 Å². The lowest BCUT2D eigenvalue weighted by atomic mass is 9.84. The van der Waals surface area contributed by atoms with Crippen LogP contribution in [-0.2, 0) is 12.8 Å². The van der Waals surface area contributed by atoms with Crippen LogP contribution >= 0.6 is 0 Å². The van der Waals surface area contributed by atoms with Crippen LogP contribution in [-0.4, -0.2) is 11.7 Å². The minimum absolute atomic E-state index is 0.0244. The molecule has 0 saturated heterocycles. The normalized spacial score (nSPS) is 17.2. The first-order valence-corrected chi connectivity index (χ1v) is 10.7. The van der Waals surface area contributed by atoms with Gasteiger partial charge in [0.15, 0.2) is 0 Å². The summed E-state index contributed by atoms with van der Waals surface area (Å²) >= 11 is 0. The van der Waals surface area contributed by atoms with E-state index in [-0.39, 0.29) is 12.0 Å². The molecule has 1 heterocycles. The first kappa shape index (κ1) is 23.2. The van der Waals surface area contributed by atoms with Crippen molar-refractivity contribution in [1.82, 2.24) is 0 Å². The van der Waals surface area contributed by atoms with Crippen molar-refractivity contribution < 1.29 is 9.84 Å². The first-order valence-electron chi connectivity index (χ1n) is 10.7. The zero-order chi connectivity index (χ0) is 21.8. The average Bonchev–Trinajstić information content (AvgIpc) is 2.65. The van der Waals surface area contributed by atoms with E-state index in [9.17, 15) is 5.11 Å². The van der Waals surface area contributed by atoms with Crippen molar-refractivity contribution in [3.63, 3.8) is 0 Å². The van der Waals surface area contributed by atoms with Gasteiger partial charge in [0.2, 0.25) is 0 Å². The second kappa shape index (κ2) is 9.63. The molecule has 0 amide bonds. The highest BCUT2D eigenvalue weighted by Crippen LogP contribution is 2.42. The molecule has 0 radical (unpaired) electrons. The maximum atomic E-state index is 10.0. The monoisotopic (exact) mass is 394 g/mol. The maximum Gasteiger partial charge on any atom is 0.134 e. The molecule has 0 unspecified atom stereocenters. The molecule has 0 fully saturated rings. The summed E-state index contributed by atoms with van der Waals surface area (Å²) in [5.74, 6) is 2.23. The van der Waals surface area contributed by atoms with E-state index < -0.39 is 0 Å². The summed E-state index contributed by atoms with van der Waals surface area (Å²) in [7, 11) is 0. The minimum Gasteiger partial charge on any atom is -0.456 e. The van der Waals surface area contributed by atoms with Crippen molar-refractivity contribution >= 4 is 0 Å². The van der Waals surface area contributed by atoms with Gasteiger partial charge < -0.3 is 9.84 Å². The Labute approximate surface area is 177 Å². The Bertz CT molecular complexity index is 829. The van der Waals surface area contributed by atoms with Gasteiger partial charge in [-0.2, -0.15) is 0 Å². The van der Waals surface area contributed by atoms with E-state index in [1.54, 1.807) is 0 Å². The standard InChI is InChI=1S/C27H38O2/c1-9-11-21(17-28)25-20(13-14-27(6,7)8)15-22-16-24(18(3)4)19(5)23(12-10-2)26(22)29-25/h9-10,13,16,18,28H,1-2,11-12,14-15,17H2,3-8H3/b20-13-,25-21+. The van der Waals surface area contributed by atoms with Crippen molar-refractivity contribution in [1.29, 1.82) is 0 Å². The topological polar surface area (TPSA) is 29.5 Å². The quantitative estimate of drug-likeness (QED) is 0.506. The Morgan fingerprint density at radius 2 is 1.93 bits per heavy atom. The van der Waals surface area contributed by atoms with Gasteiger partial charge in [0.05, 0.1) is 6.61 Å². The summed E-state index contributed by atoms with van der Waals surface area (Å²) in [5.41, 5.74) is 7.36. The van der Waals surface area contributed by atoms with Gasteiger partial charge in [0, 0.05) is 17.6 Å². The smallest absolute Gasteiger partial charge is 0.134 e. The van der Waals surface area contributed by atoms with Crippen LogP contribution in [0.25, 0.3) is 0 Å². The van der Waals surface area contributed by atoms with Crippen molar-refractivity contribution in [2.75, 3.05) is 6.61 Å². The van der Waals surface area contributed by atoms with Crippen molar-refractivity contribution in [2.45, 2.75) is 73.1 Å². The number of rotatable bonds is 7. The molecule has 2 nitrogen and oxygen atoms in total. The van der Waals surface area contributed by atoms with Crippen LogP contribution in [0.15, 0.2) is 54.4 Å². The summed E-state index contributed by atoms with van der Waals surface area (Å²) in [6.45, 7) is 21.2. The molecule has 0 bridgehead atoms. The van der Waals surface area contributed by atoms with E-state index in [2.05, 4.69) is 66.8 Å². The zero-order valence-electron chi connectivity index (χ0n) is 19.2. The number of benzene rings is 1. The number of allylic oxidation sites excluding steroid dienone is 4. The lowest BCUT2D eigenvalue weighted by Crippen LogP contribution is -2.18. The maximum absolute atomic E-state index is 10.0. The SMILES string of the molecule is C=CC/C(CO)=C1\Oc2c(cc(C(C)C)c(C)c2CC=C)C\C1=C\CC(C)(C)C. The molecule has 2 rings (SSSR count). The van der Waals surface area contributed by atoms with Crippen LogP contribution in [0.5, 0.6) is 5.75 Å². The van der Waals surface area contributed by atoms with Crippen LogP contribution in [0.2, 0.25) is 0 Å². The lowest BCUT2D eigenvalue weighted by molar-refractivity contribution is 0.313. The summed E-state index contributed by atoms with van der Waals surface area (Å²) in [4.78, 5) is 0. The third kappa shape index (κ3) is 5.51. The lowest BCUT2D eigenvalue weighted by Gasteiger charge is -2.30. The number of hydrogen-bond acceptors (Lipinski definition) is 2. The molecule has 0 atom stereocenters. The molecule has 1 aliphatic rings. The Balaban J connectivity index is 2.71. The van der Waals surface area contributed by atoms with E-state index in [0.717, 1.165) is 36.3 Å². The predicted octanol–water partition coefficient (Wildman–Crippen LogP) is 6.97. The van der Waals surface area contributed by atoms with Crippen molar-refractivity contribution in [2.24, 2.45) is 5.41 Å². The molecule has 0 aromatic heterocycles. The van der Waals surface area contributed by atoms with E-state index in [4.69, 9.17) is 4.74 Å². The second-order valence-corrected chi connectivity index (χ2v) is 9.56. The molecular formula is C27H38O2. The van der Waals surface area contributed by atoms with Crippen molar-refractivity contribution in [3.8, 4) is 5.75 Å². The van der Waals surface area contributed by atoms with Crippen molar-refractivity contribution in [3.05, 3.63) is 76.6 Å². The molecule has 1 aliphatic heterocycles. The molecule has 0 saturated carbocycles. The number of hydrogen-bond donors (Lipinski definition) is 1. The Hall–Kier alpha value is -2.06. The fourth-order valence-corrected chi connectivity index (χ4v) is 3.90. The van der Waals surface area contributed by atoms with Gasteiger partial charge in [-0.15, -0.1) is 13.2 Å². The fraction of sp³-hybridized carbons (Fsp3) is 0.481. The van der Waals surface area contributed by atoms with Gasteiger partial charge >= 0.3 is 0 Å².